The lowest BCUT2D eigenvalue weighted by Crippen LogP contribution is -1.83. The van der Waals surface area contributed by atoms with E-state index in [-0.39, 0.29) is 0 Å². The van der Waals surface area contributed by atoms with Crippen LogP contribution in [0.5, 0.6) is 0 Å². The lowest BCUT2D eigenvalue weighted by molar-refractivity contribution is 0.948. The summed E-state index contributed by atoms with van der Waals surface area (Å²) >= 11 is 0. The van der Waals surface area contributed by atoms with Gasteiger partial charge in [0.2, 0.25) is 0 Å². The van der Waals surface area contributed by atoms with Crippen molar-refractivity contribution in [3.63, 3.8) is 0 Å². The van der Waals surface area contributed by atoms with Crippen LogP contribution in [0.1, 0.15) is 0 Å². The quantitative estimate of drug-likeness (QED) is 0.649. The molecule has 1 N–H and O–H groups in total. The average Bonchev–Trinajstić information content (AvgIpc) is 2.88. The van der Waals surface area contributed by atoms with Crippen LogP contribution in [-0.4, -0.2) is 19.7 Å². The van der Waals surface area contributed by atoms with Crippen molar-refractivity contribution in [2.45, 2.75) is 0 Å². The first-order chi connectivity index (χ1) is 7.34. The van der Waals surface area contributed by atoms with E-state index in [0.29, 0.717) is 0 Å². The molecular formula is C11H10N4. The topological polar surface area (TPSA) is 46.5 Å². The van der Waals surface area contributed by atoms with Gasteiger partial charge in [0, 0.05) is 18.8 Å². The van der Waals surface area contributed by atoms with Crippen molar-refractivity contribution in [1.29, 1.82) is 0 Å². The molecule has 2 heterocycles. The van der Waals surface area contributed by atoms with E-state index in [1.54, 1.807) is 0 Å². The van der Waals surface area contributed by atoms with Crippen LogP contribution >= 0.6 is 0 Å². The standard InChI is InChI=1S/C11H10N4/c1-15-7-12-10-4-8(2-3-11(10)15)9-5-13-14-6-9/h2-7H,1H3,(H,13,14). The van der Waals surface area contributed by atoms with E-state index in [0.717, 1.165) is 22.2 Å². The molecule has 0 aliphatic rings. The Morgan fingerprint density at radius 1 is 1.27 bits per heavy atom. The Bertz CT molecular complexity index is 592. The number of hydrogen-bond donors (Lipinski definition) is 1. The van der Waals surface area contributed by atoms with Gasteiger partial charge in [-0.3, -0.25) is 5.10 Å². The molecule has 0 amide bonds. The molecule has 3 rings (SSSR count). The minimum atomic E-state index is 1.01. The molecule has 74 valence electrons. The maximum Gasteiger partial charge on any atom is 0.0955 e. The normalized spacial score (nSPS) is 11.0. The second kappa shape index (κ2) is 2.95. The van der Waals surface area contributed by atoms with Crippen LogP contribution in [0.25, 0.3) is 22.2 Å². The number of rotatable bonds is 1. The van der Waals surface area contributed by atoms with Crippen LogP contribution in [0.3, 0.4) is 0 Å². The summed E-state index contributed by atoms with van der Waals surface area (Å²) in [5, 5.41) is 6.74. The monoisotopic (exact) mass is 198 g/mol. The highest BCUT2D eigenvalue weighted by molar-refractivity contribution is 5.81. The Balaban J connectivity index is 2.23. The van der Waals surface area contributed by atoms with Gasteiger partial charge in [0.25, 0.3) is 0 Å². The smallest absolute Gasteiger partial charge is 0.0955 e. The fraction of sp³-hybridized carbons (Fsp3) is 0.0909. The summed E-state index contributed by atoms with van der Waals surface area (Å²) in [7, 11) is 1.99. The van der Waals surface area contributed by atoms with Crippen molar-refractivity contribution < 1.29 is 0 Å². The maximum absolute atomic E-state index is 4.32. The van der Waals surface area contributed by atoms with E-state index >= 15 is 0 Å². The molecule has 3 aromatic rings. The predicted molar refractivity (Wildman–Crippen MR) is 58.3 cm³/mol. The van der Waals surface area contributed by atoms with Crippen LogP contribution in [0.2, 0.25) is 0 Å². The van der Waals surface area contributed by atoms with Gasteiger partial charge in [-0.15, -0.1) is 0 Å². The molecule has 15 heavy (non-hydrogen) atoms. The molecule has 0 saturated carbocycles. The fourth-order valence-corrected chi connectivity index (χ4v) is 1.72. The van der Waals surface area contributed by atoms with Gasteiger partial charge in [0.1, 0.15) is 0 Å². The molecule has 0 unspecified atom stereocenters. The van der Waals surface area contributed by atoms with Crippen LogP contribution in [-0.2, 0) is 7.05 Å². The summed E-state index contributed by atoms with van der Waals surface area (Å²) in [5.41, 5.74) is 4.37. The number of aromatic amines is 1. The van der Waals surface area contributed by atoms with Crippen molar-refractivity contribution in [3.05, 3.63) is 36.9 Å². The number of fused-ring (bicyclic) bond motifs is 1. The van der Waals surface area contributed by atoms with Gasteiger partial charge < -0.3 is 4.57 Å². The Kier molecular flexibility index (Phi) is 1.62. The van der Waals surface area contributed by atoms with Crippen LogP contribution in [0.15, 0.2) is 36.9 Å². The predicted octanol–water partition coefficient (Wildman–Crippen LogP) is 1.96. The van der Waals surface area contributed by atoms with Crippen LogP contribution < -0.4 is 0 Å². The van der Waals surface area contributed by atoms with Gasteiger partial charge in [0.05, 0.1) is 23.6 Å². The zero-order chi connectivity index (χ0) is 10.3. The molecule has 0 fully saturated rings. The van der Waals surface area contributed by atoms with Crippen molar-refractivity contribution >= 4 is 11.0 Å². The van der Waals surface area contributed by atoms with E-state index in [1.807, 2.05) is 30.3 Å². The van der Waals surface area contributed by atoms with Crippen molar-refractivity contribution in [3.8, 4) is 11.1 Å². The van der Waals surface area contributed by atoms with Gasteiger partial charge in [-0.05, 0) is 17.7 Å². The summed E-state index contributed by atoms with van der Waals surface area (Å²) in [4.78, 5) is 4.32. The zero-order valence-corrected chi connectivity index (χ0v) is 8.31. The van der Waals surface area contributed by atoms with Crippen molar-refractivity contribution in [2.75, 3.05) is 0 Å². The molecular weight excluding hydrogens is 188 g/mol. The SMILES string of the molecule is Cn1cnc2cc(-c3cn[nH]c3)ccc21. The molecule has 4 heteroatoms. The van der Waals surface area contributed by atoms with E-state index in [4.69, 9.17) is 0 Å². The lowest BCUT2D eigenvalue weighted by Gasteiger charge is -1.97. The van der Waals surface area contributed by atoms with Gasteiger partial charge in [0.15, 0.2) is 0 Å². The summed E-state index contributed by atoms with van der Waals surface area (Å²) in [6.45, 7) is 0. The van der Waals surface area contributed by atoms with E-state index in [9.17, 15) is 0 Å². The number of benzene rings is 1. The Morgan fingerprint density at radius 3 is 3.00 bits per heavy atom. The largest absolute Gasteiger partial charge is 0.334 e. The van der Waals surface area contributed by atoms with Crippen LogP contribution in [0, 0.1) is 0 Å². The highest BCUT2D eigenvalue weighted by Crippen LogP contribution is 2.22. The average molecular weight is 198 g/mol. The lowest BCUT2D eigenvalue weighted by atomic mass is 10.1. The van der Waals surface area contributed by atoms with Gasteiger partial charge in [-0.2, -0.15) is 5.10 Å². The third-order valence-corrected chi connectivity index (χ3v) is 2.56. The zero-order valence-electron chi connectivity index (χ0n) is 8.31. The number of imidazole rings is 1. The molecule has 0 spiro atoms. The second-order valence-electron chi connectivity index (χ2n) is 3.55. The van der Waals surface area contributed by atoms with Gasteiger partial charge in [-0.25, -0.2) is 4.98 Å². The summed E-state index contributed by atoms with van der Waals surface area (Å²) < 4.78 is 2.01. The number of H-pyrrole nitrogens is 1. The van der Waals surface area contributed by atoms with Crippen molar-refractivity contribution in [2.24, 2.45) is 7.05 Å². The highest BCUT2D eigenvalue weighted by Gasteiger charge is 2.03. The first-order valence-corrected chi connectivity index (χ1v) is 4.75. The van der Waals surface area contributed by atoms with Gasteiger partial charge >= 0.3 is 0 Å². The molecule has 0 saturated heterocycles. The minimum Gasteiger partial charge on any atom is -0.334 e. The third-order valence-electron chi connectivity index (χ3n) is 2.56. The summed E-state index contributed by atoms with van der Waals surface area (Å²) in [6, 6.07) is 6.22. The number of hydrogen-bond acceptors (Lipinski definition) is 2. The second-order valence-corrected chi connectivity index (χ2v) is 3.55. The van der Waals surface area contributed by atoms with Crippen molar-refractivity contribution in [1.82, 2.24) is 19.7 Å². The van der Waals surface area contributed by atoms with E-state index < -0.39 is 0 Å². The Hall–Kier alpha value is -2.10. The summed E-state index contributed by atoms with van der Waals surface area (Å²) in [5.74, 6) is 0. The first-order valence-electron chi connectivity index (χ1n) is 4.75. The van der Waals surface area contributed by atoms with E-state index in [1.165, 1.54) is 0 Å². The fourth-order valence-electron chi connectivity index (χ4n) is 1.72. The Morgan fingerprint density at radius 2 is 2.20 bits per heavy atom. The number of nitrogens with zero attached hydrogens (tertiary/aromatic N) is 3. The Labute approximate surface area is 86.6 Å². The maximum atomic E-state index is 4.32. The summed E-state index contributed by atoms with van der Waals surface area (Å²) in [6.07, 6.45) is 5.51. The number of nitrogens with one attached hydrogen (secondary N) is 1. The number of aryl methyl sites for hydroxylation is 1. The number of aromatic nitrogens is 4. The molecule has 2 aromatic heterocycles. The van der Waals surface area contributed by atoms with E-state index in [2.05, 4.69) is 33.4 Å². The van der Waals surface area contributed by atoms with Gasteiger partial charge in [-0.1, -0.05) is 6.07 Å². The third kappa shape index (κ3) is 1.22. The molecule has 0 aliphatic carbocycles. The first kappa shape index (κ1) is 8.23. The minimum absolute atomic E-state index is 1.01. The molecule has 0 radical (unpaired) electrons. The molecule has 0 atom stereocenters. The van der Waals surface area contributed by atoms with Crippen LogP contribution in [0.4, 0.5) is 0 Å². The molecule has 0 aliphatic heterocycles. The molecule has 1 aromatic carbocycles. The molecule has 0 bridgehead atoms. The molecule has 4 nitrogen and oxygen atoms in total. The highest BCUT2D eigenvalue weighted by atomic mass is 15.1.